The van der Waals surface area contributed by atoms with Crippen LogP contribution in [0.3, 0.4) is 0 Å². The molecular weight excluding hydrogens is 262 g/mol. The summed E-state index contributed by atoms with van der Waals surface area (Å²) in [5.74, 6) is -0.101. The zero-order valence-electron chi connectivity index (χ0n) is 11.6. The van der Waals surface area contributed by atoms with E-state index in [0.29, 0.717) is 18.3 Å². The number of nitrogens with one attached hydrogen (secondary N) is 1. The monoisotopic (exact) mass is 281 g/mol. The second-order valence-corrected chi connectivity index (χ2v) is 5.13. The fourth-order valence-electron chi connectivity index (χ4n) is 2.03. The van der Waals surface area contributed by atoms with E-state index >= 15 is 0 Å². The summed E-state index contributed by atoms with van der Waals surface area (Å²) in [6, 6.07) is 2.65. The third kappa shape index (κ3) is 5.64. The van der Waals surface area contributed by atoms with Crippen molar-refractivity contribution in [3.8, 4) is 0 Å². The summed E-state index contributed by atoms with van der Waals surface area (Å²) in [5, 5.41) is 22.5. The summed E-state index contributed by atoms with van der Waals surface area (Å²) in [6.07, 6.45) is 2.20. The first-order valence-electron chi connectivity index (χ1n) is 6.44. The number of carboxylic acid groups (broad SMARTS) is 1. The first-order valence-corrected chi connectivity index (χ1v) is 6.44. The number of hydrogen-bond donors (Lipinski definition) is 2. The maximum atomic E-state index is 10.8. The lowest BCUT2D eigenvalue weighted by Crippen LogP contribution is -2.20. The third-order valence-electron chi connectivity index (χ3n) is 2.79. The molecule has 0 amide bonds. The maximum Gasteiger partial charge on any atom is 0.303 e. The van der Waals surface area contributed by atoms with Gasteiger partial charge in [0.2, 0.25) is 0 Å². The average Bonchev–Trinajstić information content (AvgIpc) is 2.35. The molecule has 7 heteroatoms. The second-order valence-electron chi connectivity index (χ2n) is 5.13. The van der Waals surface area contributed by atoms with Crippen molar-refractivity contribution >= 4 is 17.5 Å². The lowest BCUT2D eigenvalue weighted by Gasteiger charge is -2.17. The van der Waals surface area contributed by atoms with Crippen LogP contribution < -0.4 is 5.32 Å². The fraction of sp³-hybridized carbons (Fsp3) is 0.538. The van der Waals surface area contributed by atoms with Crippen molar-refractivity contribution in [1.82, 2.24) is 4.98 Å². The van der Waals surface area contributed by atoms with Gasteiger partial charge in [0.05, 0.1) is 11.0 Å². The van der Waals surface area contributed by atoms with Gasteiger partial charge in [-0.3, -0.25) is 14.9 Å². The van der Waals surface area contributed by atoms with Crippen LogP contribution in [0.5, 0.6) is 0 Å². The Kier molecular flexibility index (Phi) is 5.89. The van der Waals surface area contributed by atoms with Gasteiger partial charge in [0.15, 0.2) is 0 Å². The minimum atomic E-state index is -0.843. The molecule has 0 bridgehead atoms. The van der Waals surface area contributed by atoms with Crippen LogP contribution in [0.15, 0.2) is 18.3 Å². The smallest absolute Gasteiger partial charge is 0.303 e. The molecule has 1 rings (SSSR count). The Hall–Kier alpha value is -2.18. The van der Waals surface area contributed by atoms with Crippen molar-refractivity contribution < 1.29 is 14.8 Å². The number of aliphatic carboxylic acids is 1. The van der Waals surface area contributed by atoms with Crippen LogP contribution in [-0.4, -0.2) is 27.5 Å². The van der Waals surface area contributed by atoms with Gasteiger partial charge in [0, 0.05) is 25.2 Å². The Labute approximate surface area is 117 Å². The second kappa shape index (κ2) is 7.42. The van der Waals surface area contributed by atoms with E-state index in [2.05, 4.69) is 10.3 Å². The summed E-state index contributed by atoms with van der Waals surface area (Å²) in [4.78, 5) is 25.0. The molecular formula is C13H19N3O4. The predicted molar refractivity (Wildman–Crippen MR) is 74.6 cm³/mol. The van der Waals surface area contributed by atoms with Crippen LogP contribution in [0.1, 0.15) is 26.7 Å². The molecule has 0 spiro atoms. The van der Waals surface area contributed by atoms with Crippen molar-refractivity contribution in [3.63, 3.8) is 0 Å². The summed E-state index contributed by atoms with van der Waals surface area (Å²) in [5.41, 5.74) is -0.0406. The molecule has 0 aliphatic carbocycles. The number of anilines is 1. The number of pyridine rings is 1. The molecule has 0 aliphatic rings. The van der Waals surface area contributed by atoms with Gasteiger partial charge in [-0.15, -0.1) is 0 Å². The van der Waals surface area contributed by atoms with Gasteiger partial charge in [0.25, 0.3) is 5.69 Å². The van der Waals surface area contributed by atoms with Crippen LogP contribution in [0.4, 0.5) is 11.5 Å². The van der Waals surface area contributed by atoms with E-state index in [0.717, 1.165) is 6.42 Å². The molecule has 0 fully saturated rings. The Morgan fingerprint density at radius 1 is 1.55 bits per heavy atom. The van der Waals surface area contributed by atoms with Crippen LogP contribution in [-0.2, 0) is 4.79 Å². The van der Waals surface area contributed by atoms with Crippen LogP contribution >= 0.6 is 0 Å². The van der Waals surface area contributed by atoms with E-state index in [1.54, 1.807) is 0 Å². The highest BCUT2D eigenvalue weighted by Crippen LogP contribution is 2.18. The Morgan fingerprint density at radius 3 is 2.80 bits per heavy atom. The largest absolute Gasteiger partial charge is 0.481 e. The van der Waals surface area contributed by atoms with Gasteiger partial charge < -0.3 is 10.4 Å². The predicted octanol–water partition coefficient (Wildman–Crippen LogP) is 2.54. The maximum absolute atomic E-state index is 10.8. The number of hydrogen-bond acceptors (Lipinski definition) is 5. The van der Waals surface area contributed by atoms with Crippen molar-refractivity contribution in [2.75, 3.05) is 11.9 Å². The van der Waals surface area contributed by atoms with Gasteiger partial charge in [0.1, 0.15) is 5.82 Å². The van der Waals surface area contributed by atoms with E-state index in [4.69, 9.17) is 5.11 Å². The van der Waals surface area contributed by atoms with Gasteiger partial charge in [-0.1, -0.05) is 13.8 Å². The number of nitrogens with zero attached hydrogens (tertiary/aromatic N) is 2. The molecule has 1 heterocycles. The van der Waals surface area contributed by atoms with Crippen molar-refractivity contribution in [2.45, 2.75) is 26.7 Å². The van der Waals surface area contributed by atoms with Gasteiger partial charge in [-0.05, 0) is 18.3 Å². The van der Waals surface area contributed by atoms with E-state index in [1.165, 1.54) is 18.3 Å². The Morgan fingerprint density at radius 2 is 2.25 bits per heavy atom. The standard InChI is InChI=1S/C13H19N3O4/c1-9(2)5-10(6-13(17)18)8-15-12-7-11(16(19)20)3-4-14-12/h3-4,7,9-10H,5-6,8H2,1-2H3,(H,14,15)(H,17,18). The minimum absolute atomic E-state index is 0.0337. The molecule has 0 aliphatic heterocycles. The SMILES string of the molecule is CC(C)CC(CNc1cc([N+](=O)[O-])ccn1)CC(=O)O. The highest BCUT2D eigenvalue weighted by atomic mass is 16.6. The number of carboxylic acids is 1. The topological polar surface area (TPSA) is 105 Å². The van der Waals surface area contributed by atoms with Gasteiger partial charge >= 0.3 is 5.97 Å². The van der Waals surface area contributed by atoms with E-state index in [9.17, 15) is 14.9 Å². The molecule has 0 saturated carbocycles. The molecule has 1 atom stereocenters. The lowest BCUT2D eigenvalue weighted by atomic mass is 9.94. The van der Waals surface area contributed by atoms with E-state index in [1.807, 2.05) is 13.8 Å². The van der Waals surface area contributed by atoms with E-state index < -0.39 is 10.9 Å². The quantitative estimate of drug-likeness (QED) is 0.560. The zero-order chi connectivity index (χ0) is 15.1. The molecule has 0 radical (unpaired) electrons. The summed E-state index contributed by atoms with van der Waals surface area (Å²) >= 11 is 0. The summed E-state index contributed by atoms with van der Waals surface area (Å²) in [6.45, 7) is 4.49. The number of aromatic nitrogens is 1. The Balaban J connectivity index is 2.64. The molecule has 1 unspecified atom stereocenters. The van der Waals surface area contributed by atoms with E-state index in [-0.39, 0.29) is 18.0 Å². The van der Waals surface area contributed by atoms with Crippen molar-refractivity contribution in [2.24, 2.45) is 11.8 Å². The molecule has 0 saturated heterocycles. The number of rotatable bonds is 8. The van der Waals surface area contributed by atoms with Gasteiger partial charge in [-0.25, -0.2) is 4.98 Å². The Bertz CT molecular complexity index is 476. The molecule has 110 valence electrons. The molecule has 1 aromatic rings. The molecule has 1 aromatic heterocycles. The highest BCUT2D eigenvalue weighted by molar-refractivity contribution is 5.67. The average molecular weight is 281 g/mol. The van der Waals surface area contributed by atoms with Gasteiger partial charge in [-0.2, -0.15) is 0 Å². The lowest BCUT2D eigenvalue weighted by molar-refractivity contribution is -0.384. The molecule has 7 nitrogen and oxygen atoms in total. The minimum Gasteiger partial charge on any atom is -0.481 e. The normalized spacial score (nSPS) is 12.2. The van der Waals surface area contributed by atoms with Crippen LogP contribution in [0, 0.1) is 22.0 Å². The first-order chi connectivity index (χ1) is 9.38. The van der Waals surface area contributed by atoms with Crippen molar-refractivity contribution in [3.05, 3.63) is 28.4 Å². The van der Waals surface area contributed by atoms with Crippen LogP contribution in [0.25, 0.3) is 0 Å². The third-order valence-corrected chi connectivity index (χ3v) is 2.79. The molecule has 0 aromatic carbocycles. The summed E-state index contributed by atoms with van der Waals surface area (Å²) < 4.78 is 0. The molecule has 2 N–H and O–H groups in total. The highest BCUT2D eigenvalue weighted by Gasteiger charge is 2.15. The number of carbonyl (C=O) groups is 1. The van der Waals surface area contributed by atoms with Crippen molar-refractivity contribution in [1.29, 1.82) is 0 Å². The van der Waals surface area contributed by atoms with Crippen LogP contribution in [0.2, 0.25) is 0 Å². The zero-order valence-corrected chi connectivity index (χ0v) is 11.6. The fourth-order valence-corrected chi connectivity index (χ4v) is 2.03. The first kappa shape index (κ1) is 15.9. The number of nitro groups is 1. The molecule has 20 heavy (non-hydrogen) atoms. The summed E-state index contributed by atoms with van der Waals surface area (Å²) in [7, 11) is 0.